The molecule has 1 nitrogen and oxygen atoms in total. The molecule has 0 aromatic carbocycles. The van der Waals surface area contributed by atoms with E-state index in [4.69, 9.17) is 0 Å². The molecule has 0 fully saturated rings. The van der Waals surface area contributed by atoms with E-state index in [1.54, 1.807) is 0 Å². The van der Waals surface area contributed by atoms with E-state index in [1.165, 1.54) is 11.1 Å². The van der Waals surface area contributed by atoms with E-state index < -0.39 is 0 Å². The molecule has 1 N–H and O–H groups in total. The monoisotopic (exact) mass is 152 g/mol. The lowest BCUT2D eigenvalue weighted by atomic mass is 9.91. The predicted octanol–water partition coefficient (Wildman–Crippen LogP) is 2.42. The third-order valence-corrected chi connectivity index (χ3v) is 2.26. The molecule has 1 aliphatic carbocycles. The van der Waals surface area contributed by atoms with Gasteiger partial charge in [-0.1, -0.05) is 11.6 Å². The highest BCUT2D eigenvalue weighted by Gasteiger charge is 2.13. The van der Waals surface area contributed by atoms with Crippen molar-refractivity contribution in [3.8, 4) is 0 Å². The highest BCUT2D eigenvalue weighted by atomic mass is 16.3. The quantitative estimate of drug-likeness (QED) is 0.565. The normalized spacial score (nSPS) is 24.9. The number of aliphatic hydroxyl groups is 1. The zero-order valence-electron chi connectivity index (χ0n) is 7.52. The molecule has 11 heavy (non-hydrogen) atoms. The Morgan fingerprint density at radius 3 is 2.64 bits per heavy atom. The fourth-order valence-corrected chi connectivity index (χ4v) is 1.36. The average molecular weight is 152 g/mol. The zero-order chi connectivity index (χ0) is 8.43. The van der Waals surface area contributed by atoms with Crippen molar-refractivity contribution < 1.29 is 5.11 Å². The van der Waals surface area contributed by atoms with Crippen LogP contribution in [0.2, 0.25) is 0 Å². The van der Waals surface area contributed by atoms with Gasteiger partial charge in [-0.3, -0.25) is 0 Å². The lowest BCUT2D eigenvalue weighted by Gasteiger charge is -2.19. The minimum absolute atomic E-state index is 0.196. The molecule has 0 radical (unpaired) electrons. The first-order chi connectivity index (χ1) is 5.11. The second-order valence-electron chi connectivity index (χ2n) is 3.47. The maximum Gasteiger partial charge on any atom is 0.0753 e. The smallest absolute Gasteiger partial charge is 0.0753 e. The third kappa shape index (κ3) is 1.93. The fourth-order valence-electron chi connectivity index (χ4n) is 1.36. The summed E-state index contributed by atoms with van der Waals surface area (Å²) < 4.78 is 0. The molecular formula is C10H16O. The summed E-state index contributed by atoms with van der Waals surface area (Å²) in [5.41, 5.74) is 3.87. The van der Waals surface area contributed by atoms with Crippen molar-refractivity contribution in [2.45, 2.75) is 39.7 Å². The highest BCUT2D eigenvalue weighted by Crippen LogP contribution is 2.24. The largest absolute Gasteiger partial charge is 0.389 e. The lowest BCUT2D eigenvalue weighted by Crippen LogP contribution is -2.12. The van der Waals surface area contributed by atoms with Gasteiger partial charge in [0.1, 0.15) is 0 Å². The third-order valence-electron chi connectivity index (χ3n) is 2.26. The van der Waals surface area contributed by atoms with Crippen molar-refractivity contribution >= 4 is 0 Å². The highest BCUT2D eigenvalue weighted by molar-refractivity contribution is 5.31. The summed E-state index contributed by atoms with van der Waals surface area (Å²) >= 11 is 0. The molecule has 62 valence electrons. The van der Waals surface area contributed by atoms with E-state index in [0.717, 1.165) is 18.4 Å². The zero-order valence-corrected chi connectivity index (χ0v) is 7.52. The van der Waals surface area contributed by atoms with Gasteiger partial charge in [0, 0.05) is 0 Å². The molecule has 0 spiro atoms. The summed E-state index contributed by atoms with van der Waals surface area (Å²) in [6.07, 6.45) is 3.84. The fraction of sp³-hybridized carbons (Fsp3) is 0.600. The van der Waals surface area contributed by atoms with Gasteiger partial charge < -0.3 is 5.11 Å². The lowest BCUT2D eigenvalue weighted by molar-refractivity contribution is 0.197. The SMILES string of the molecule is CC1=CC(=C(C)C)CCC1O. The van der Waals surface area contributed by atoms with E-state index in [-0.39, 0.29) is 6.10 Å². The topological polar surface area (TPSA) is 20.2 Å². The Kier molecular flexibility index (Phi) is 2.50. The van der Waals surface area contributed by atoms with Crippen LogP contribution < -0.4 is 0 Å². The van der Waals surface area contributed by atoms with Crippen LogP contribution in [0.3, 0.4) is 0 Å². The molecule has 1 unspecified atom stereocenters. The predicted molar refractivity (Wildman–Crippen MR) is 47.4 cm³/mol. The van der Waals surface area contributed by atoms with Crippen LogP contribution in [0.25, 0.3) is 0 Å². The number of hydrogen-bond acceptors (Lipinski definition) is 1. The number of aliphatic hydroxyl groups excluding tert-OH is 1. The van der Waals surface area contributed by atoms with E-state index in [1.807, 2.05) is 6.92 Å². The van der Waals surface area contributed by atoms with E-state index >= 15 is 0 Å². The Morgan fingerprint density at radius 1 is 1.55 bits per heavy atom. The average Bonchev–Trinajstić information content (AvgIpc) is 1.94. The summed E-state index contributed by atoms with van der Waals surface area (Å²) in [6.45, 7) is 6.24. The summed E-state index contributed by atoms with van der Waals surface area (Å²) in [6, 6.07) is 0. The first-order valence-corrected chi connectivity index (χ1v) is 4.14. The maximum absolute atomic E-state index is 9.39. The molecule has 1 rings (SSSR count). The van der Waals surface area contributed by atoms with Crippen LogP contribution in [0.15, 0.2) is 22.8 Å². The maximum atomic E-state index is 9.39. The van der Waals surface area contributed by atoms with Gasteiger partial charge in [0.05, 0.1) is 6.10 Å². The van der Waals surface area contributed by atoms with Crippen LogP contribution >= 0.6 is 0 Å². The van der Waals surface area contributed by atoms with Gasteiger partial charge in [-0.2, -0.15) is 0 Å². The van der Waals surface area contributed by atoms with E-state index in [9.17, 15) is 5.11 Å². The Labute approximate surface area is 68.4 Å². The molecule has 0 amide bonds. The van der Waals surface area contributed by atoms with Crippen molar-refractivity contribution in [1.29, 1.82) is 0 Å². The minimum Gasteiger partial charge on any atom is -0.389 e. The molecule has 1 heteroatoms. The molecule has 1 aliphatic rings. The van der Waals surface area contributed by atoms with Crippen molar-refractivity contribution in [2.75, 3.05) is 0 Å². The Hall–Kier alpha value is -0.560. The van der Waals surface area contributed by atoms with Gasteiger partial charge >= 0.3 is 0 Å². The van der Waals surface area contributed by atoms with Gasteiger partial charge in [0.2, 0.25) is 0 Å². The van der Waals surface area contributed by atoms with Gasteiger partial charge in [0.25, 0.3) is 0 Å². The Balaban J connectivity index is 2.86. The number of rotatable bonds is 0. The molecule has 0 heterocycles. The van der Waals surface area contributed by atoms with Crippen molar-refractivity contribution in [2.24, 2.45) is 0 Å². The van der Waals surface area contributed by atoms with Crippen LogP contribution in [0.1, 0.15) is 33.6 Å². The summed E-state index contributed by atoms with van der Waals surface area (Å²) in [5.74, 6) is 0. The number of hydrogen-bond donors (Lipinski definition) is 1. The molecule has 0 aliphatic heterocycles. The summed E-state index contributed by atoms with van der Waals surface area (Å²) in [4.78, 5) is 0. The first kappa shape index (κ1) is 8.54. The van der Waals surface area contributed by atoms with E-state index in [2.05, 4.69) is 19.9 Å². The summed E-state index contributed by atoms with van der Waals surface area (Å²) in [5, 5.41) is 9.39. The van der Waals surface area contributed by atoms with Gasteiger partial charge in [-0.25, -0.2) is 0 Å². The minimum atomic E-state index is -0.196. The van der Waals surface area contributed by atoms with Crippen LogP contribution in [-0.4, -0.2) is 11.2 Å². The van der Waals surface area contributed by atoms with Crippen LogP contribution in [-0.2, 0) is 0 Å². The molecule has 0 saturated carbocycles. The molecule has 1 atom stereocenters. The molecule has 0 aromatic heterocycles. The molecule has 0 aromatic rings. The van der Waals surface area contributed by atoms with Crippen molar-refractivity contribution in [3.63, 3.8) is 0 Å². The molecular weight excluding hydrogens is 136 g/mol. The number of allylic oxidation sites excluding steroid dienone is 3. The van der Waals surface area contributed by atoms with Crippen molar-refractivity contribution in [1.82, 2.24) is 0 Å². The second kappa shape index (κ2) is 3.22. The van der Waals surface area contributed by atoms with Gasteiger partial charge in [-0.05, 0) is 44.8 Å². The molecule has 0 bridgehead atoms. The van der Waals surface area contributed by atoms with E-state index in [0.29, 0.717) is 0 Å². The van der Waals surface area contributed by atoms with Crippen LogP contribution in [0.4, 0.5) is 0 Å². The van der Waals surface area contributed by atoms with Gasteiger partial charge in [0.15, 0.2) is 0 Å². The van der Waals surface area contributed by atoms with Gasteiger partial charge in [-0.15, -0.1) is 0 Å². The molecule has 0 saturated heterocycles. The second-order valence-corrected chi connectivity index (χ2v) is 3.47. The van der Waals surface area contributed by atoms with Crippen LogP contribution in [0, 0.1) is 0 Å². The summed E-state index contributed by atoms with van der Waals surface area (Å²) in [7, 11) is 0. The van der Waals surface area contributed by atoms with Crippen molar-refractivity contribution in [3.05, 3.63) is 22.8 Å². The first-order valence-electron chi connectivity index (χ1n) is 4.14. The standard InChI is InChI=1S/C10H16O/c1-7(2)9-4-5-10(11)8(3)6-9/h6,10-11H,4-5H2,1-3H3. The Morgan fingerprint density at radius 2 is 2.18 bits per heavy atom. The van der Waals surface area contributed by atoms with Crippen LogP contribution in [0.5, 0.6) is 0 Å². The Bertz CT molecular complexity index is 207.